The second kappa shape index (κ2) is 2.55. The molecule has 0 aromatic carbocycles. The minimum absolute atomic E-state index is 0.0519. The number of halogens is 1. The Labute approximate surface area is 77.6 Å². The predicted molar refractivity (Wildman–Crippen MR) is 46.6 cm³/mol. The summed E-state index contributed by atoms with van der Waals surface area (Å²) in [7, 11) is 0. The lowest BCUT2D eigenvalue weighted by atomic mass is 9.96. The lowest BCUT2D eigenvalue weighted by Gasteiger charge is -2.15. The Bertz CT molecular complexity index is 319. The van der Waals surface area contributed by atoms with Crippen LogP contribution in [0.3, 0.4) is 0 Å². The summed E-state index contributed by atoms with van der Waals surface area (Å²) in [6.45, 7) is 0. The van der Waals surface area contributed by atoms with Gasteiger partial charge >= 0.3 is 0 Å². The third-order valence-electron chi connectivity index (χ3n) is 1.99. The van der Waals surface area contributed by atoms with Crippen LogP contribution in [0.15, 0.2) is 23.9 Å². The number of amides is 1. The third-order valence-corrected chi connectivity index (χ3v) is 2.82. The van der Waals surface area contributed by atoms with Crippen LogP contribution in [0, 0.1) is 5.92 Å². The van der Waals surface area contributed by atoms with E-state index >= 15 is 0 Å². The molecule has 0 saturated carbocycles. The molecule has 2 rings (SSSR count). The first-order valence-corrected chi connectivity index (χ1v) is 4.49. The molecular weight excluding hydrogens is 222 g/mol. The Morgan fingerprint density at radius 2 is 2.17 bits per heavy atom. The highest BCUT2D eigenvalue weighted by Crippen LogP contribution is 2.29. The van der Waals surface area contributed by atoms with Gasteiger partial charge < -0.3 is 5.32 Å². The second-order valence-electron chi connectivity index (χ2n) is 2.75. The number of Topliss-reactive ketones (excluding diaryl/α,β-unsaturated/α-hetero) is 1. The zero-order valence-corrected chi connectivity index (χ0v) is 7.67. The molecule has 1 saturated heterocycles. The number of nitrogens with one attached hydrogen (secondary N) is 1. The van der Waals surface area contributed by atoms with Gasteiger partial charge in [-0.15, -0.1) is 0 Å². The molecule has 1 heterocycles. The van der Waals surface area contributed by atoms with Gasteiger partial charge in [0.2, 0.25) is 5.78 Å². The summed E-state index contributed by atoms with van der Waals surface area (Å²) in [5, 5.41) is 2.53. The Morgan fingerprint density at radius 1 is 1.42 bits per heavy atom. The van der Waals surface area contributed by atoms with E-state index in [1.807, 2.05) is 12.2 Å². The van der Waals surface area contributed by atoms with E-state index in [4.69, 9.17) is 0 Å². The number of ketones is 1. The van der Waals surface area contributed by atoms with Crippen LogP contribution in [0.2, 0.25) is 0 Å². The highest BCUT2D eigenvalue weighted by molar-refractivity contribution is 9.09. The summed E-state index contributed by atoms with van der Waals surface area (Å²) < 4.78 is 0. The molecule has 0 spiro atoms. The summed E-state index contributed by atoms with van der Waals surface area (Å²) in [4.78, 5) is 22.1. The molecule has 0 radical (unpaired) electrons. The average molecular weight is 228 g/mol. The molecule has 1 amide bonds. The Morgan fingerprint density at radius 3 is 2.83 bits per heavy atom. The van der Waals surface area contributed by atoms with Gasteiger partial charge in [0.25, 0.3) is 5.91 Å². The van der Waals surface area contributed by atoms with Gasteiger partial charge in [0.1, 0.15) is 0 Å². The molecule has 2 aliphatic rings. The molecule has 1 aliphatic carbocycles. The van der Waals surface area contributed by atoms with Gasteiger partial charge in [-0.25, -0.2) is 0 Å². The maximum atomic E-state index is 11.2. The molecule has 4 heteroatoms. The average Bonchev–Trinajstić information content (AvgIpc) is 2.29. The van der Waals surface area contributed by atoms with Crippen molar-refractivity contribution in [1.82, 2.24) is 5.32 Å². The van der Waals surface area contributed by atoms with Gasteiger partial charge in [0.05, 0.1) is 5.92 Å². The molecule has 62 valence electrons. The van der Waals surface area contributed by atoms with Gasteiger partial charge in [-0.3, -0.25) is 9.59 Å². The topological polar surface area (TPSA) is 46.2 Å². The van der Waals surface area contributed by atoms with E-state index in [1.54, 1.807) is 6.08 Å². The van der Waals surface area contributed by atoms with Gasteiger partial charge in [0, 0.05) is 10.5 Å². The quantitative estimate of drug-likeness (QED) is 0.485. The molecule has 0 aromatic heterocycles. The fourth-order valence-electron chi connectivity index (χ4n) is 1.39. The number of hydrogen-bond acceptors (Lipinski definition) is 2. The maximum absolute atomic E-state index is 11.2. The molecule has 2 unspecified atom stereocenters. The predicted octanol–water partition coefficient (Wildman–Crippen LogP) is 0.519. The third kappa shape index (κ3) is 0.948. The number of rotatable bonds is 0. The number of carbonyl (C=O) groups is 2. The summed E-state index contributed by atoms with van der Waals surface area (Å²) in [5.41, 5.74) is 0.703. The number of fused-ring (bicyclic) bond motifs is 1. The molecule has 1 aliphatic heterocycles. The van der Waals surface area contributed by atoms with E-state index in [0.717, 1.165) is 0 Å². The van der Waals surface area contributed by atoms with E-state index in [2.05, 4.69) is 21.2 Å². The minimum atomic E-state index is -0.501. The van der Waals surface area contributed by atoms with Crippen molar-refractivity contribution >= 4 is 27.6 Å². The van der Waals surface area contributed by atoms with Crippen LogP contribution in [-0.2, 0) is 9.59 Å². The number of alkyl halides is 1. The maximum Gasteiger partial charge on any atom is 0.292 e. The van der Waals surface area contributed by atoms with Crippen molar-refractivity contribution in [2.24, 2.45) is 5.92 Å². The van der Waals surface area contributed by atoms with E-state index in [9.17, 15) is 9.59 Å². The van der Waals surface area contributed by atoms with Crippen molar-refractivity contribution in [2.45, 2.75) is 4.83 Å². The first-order chi connectivity index (χ1) is 5.70. The van der Waals surface area contributed by atoms with Gasteiger partial charge in [0.15, 0.2) is 0 Å². The van der Waals surface area contributed by atoms with Crippen LogP contribution in [0.1, 0.15) is 0 Å². The molecule has 0 bridgehead atoms. The zero-order chi connectivity index (χ0) is 8.72. The van der Waals surface area contributed by atoms with Crippen molar-refractivity contribution in [1.29, 1.82) is 0 Å². The lowest BCUT2D eigenvalue weighted by Crippen LogP contribution is -2.23. The summed E-state index contributed by atoms with van der Waals surface area (Å²) in [6, 6.07) is 0. The Balaban J connectivity index is 2.40. The van der Waals surface area contributed by atoms with Crippen LogP contribution < -0.4 is 5.32 Å². The van der Waals surface area contributed by atoms with E-state index in [1.165, 1.54) is 0 Å². The van der Waals surface area contributed by atoms with Crippen molar-refractivity contribution in [2.75, 3.05) is 0 Å². The van der Waals surface area contributed by atoms with E-state index in [-0.39, 0.29) is 16.5 Å². The van der Waals surface area contributed by atoms with Crippen molar-refractivity contribution in [3.05, 3.63) is 23.9 Å². The van der Waals surface area contributed by atoms with Crippen LogP contribution in [0.25, 0.3) is 0 Å². The van der Waals surface area contributed by atoms with Crippen LogP contribution in [0.4, 0.5) is 0 Å². The molecule has 1 N–H and O–H groups in total. The molecule has 12 heavy (non-hydrogen) atoms. The number of allylic oxidation sites excluding steroid dienone is 4. The smallest absolute Gasteiger partial charge is 0.292 e. The zero-order valence-electron chi connectivity index (χ0n) is 6.08. The Hall–Kier alpha value is -0.900. The second-order valence-corrected chi connectivity index (χ2v) is 3.80. The monoisotopic (exact) mass is 227 g/mol. The summed E-state index contributed by atoms with van der Waals surface area (Å²) in [6.07, 6.45) is 5.43. The number of carbonyl (C=O) groups excluding carboxylic acids is 2. The fourth-order valence-corrected chi connectivity index (χ4v) is 2.09. The fraction of sp³-hybridized carbons (Fsp3) is 0.250. The lowest BCUT2D eigenvalue weighted by molar-refractivity contribution is -0.136. The highest BCUT2D eigenvalue weighted by atomic mass is 79.9. The van der Waals surface area contributed by atoms with Crippen LogP contribution >= 0.6 is 15.9 Å². The molecular formula is C8H6BrNO2. The van der Waals surface area contributed by atoms with Crippen molar-refractivity contribution in [3.63, 3.8) is 0 Å². The first kappa shape index (κ1) is 7.73. The van der Waals surface area contributed by atoms with Gasteiger partial charge in [-0.1, -0.05) is 28.1 Å². The van der Waals surface area contributed by atoms with Gasteiger partial charge in [-0.2, -0.15) is 0 Å². The van der Waals surface area contributed by atoms with Crippen molar-refractivity contribution < 1.29 is 9.59 Å². The standard InChI is InChI=1S/C8H6BrNO2/c9-4-2-1-3-5-6(4)7(11)8(12)10-5/h1-4,6H,(H,10,12). The van der Waals surface area contributed by atoms with Crippen LogP contribution in [-0.4, -0.2) is 16.5 Å². The van der Waals surface area contributed by atoms with Crippen LogP contribution in [0.5, 0.6) is 0 Å². The molecule has 3 nitrogen and oxygen atoms in total. The Kier molecular flexibility index (Phi) is 1.65. The molecule has 1 fully saturated rings. The number of hydrogen-bond donors (Lipinski definition) is 1. The van der Waals surface area contributed by atoms with Crippen molar-refractivity contribution in [3.8, 4) is 0 Å². The summed E-state index contributed by atoms with van der Waals surface area (Å²) in [5.74, 6) is -1.19. The minimum Gasteiger partial charge on any atom is -0.322 e. The summed E-state index contributed by atoms with van der Waals surface area (Å²) >= 11 is 3.32. The normalized spacial score (nSPS) is 32.9. The van der Waals surface area contributed by atoms with E-state index < -0.39 is 5.91 Å². The molecule has 0 aromatic rings. The first-order valence-electron chi connectivity index (χ1n) is 3.58. The largest absolute Gasteiger partial charge is 0.322 e. The van der Waals surface area contributed by atoms with E-state index in [0.29, 0.717) is 5.70 Å². The molecule has 2 atom stereocenters. The van der Waals surface area contributed by atoms with Gasteiger partial charge in [-0.05, 0) is 6.08 Å². The SMILES string of the molecule is O=C1NC2=CC=CC(Br)C2C1=O. The highest BCUT2D eigenvalue weighted by Gasteiger charge is 2.40.